The maximum Gasteiger partial charge on any atom is 0.416 e. The molecule has 3 aliphatic heterocycles. The highest BCUT2D eigenvalue weighted by Gasteiger charge is 2.56. The molecule has 1 unspecified atom stereocenters. The molecule has 1 saturated carbocycles. The number of likely N-dealkylation sites (tertiary alicyclic amines) is 1. The first-order chi connectivity index (χ1) is 20.9. The van der Waals surface area contributed by atoms with Crippen LogP contribution in [-0.4, -0.2) is 79.1 Å². The van der Waals surface area contributed by atoms with E-state index in [1.54, 1.807) is 15.9 Å². The van der Waals surface area contributed by atoms with Crippen molar-refractivity contribution in [3.05, 3.63) is 65.0 Å². The number of nitrogens with two attached hydrogens (primary N) is 1. The molecule has 4 aliphatic rings. The van der Waals surface area contributed by atoms with E-state index < -0.39 is 29.1 Å². The van der Waals surface area contributed by atoms with Gasteiger partial charge in [0.2, 0.25) is 5.91 Å². The van der Waals surface area contributed by atoms with Crippen LogP contribution in [0.1, 0.15) is 66.4 Å². The average Bonchev–Trinajstić information content (AvgIpc) is 3.86. The highest BCUT2D eigenvalue weighted by Crippen LogP contribution is 2.48. The lowest BCUT2D eigenvalue weighted by Gasteiger charge is -2.48. The number of ether oxygens (including phenoxy) is 1. The van der Waals surface area contributed by atoms with E-state index in [2.05, 4.69) is 17.9 Å². The predicted molar refractivity (Wildman–Crippen MR) is 158 cm³/mol. The lowest BCUT2D eigenvalue weighted by atomic mass is 9.79. The summed E-state index contributed by atoms with van der Waals surface area (Å²) >= 11 is 0. The predicted octanol–water partition coefficient (Wildman–Crippen LogP) is 5.05. The first-order valence-corrected chi connectivity index (χ1v) is 15.6. The Morgan fingerprint density at radius 1 is 0.977 bits per heavy atom. The second-order valence-corrected chi connectivity index (χ2v) is 13.0. The number of benzene rings is 2. The van der Waals surface area contributed by atoms with Crippen LogP contribution in [0.5, 0.6) is 0 Å². The second-order valence-electron chi connectivity index (χ2n) is 13.0. The quantitative estimate of drug-likeness (QED) is 0.460. The van der Waals surface area contributed by atoms with Crippen molar-refractivity contribution < 1.29 is 31.9 Å². The summed E-state index contributed by atoms with van der Waals surface area (Å²) in [7, 11) is 0. The number of piperazine rings is 1. The smallest absolute Gasteiger partial charge is 0.368 e. The molecule has 44 heavy (non-hydrogen) atoms. The number of halogens is 4. The SMILES string of the molecule is C[C@H]1CN([C@@H]2CC[C@@](C(=O)N3CCN(c4cc(F)cc(C(F)(F)F)c4)CC3)(C3CC3)OC2)CCC1c1cccc(C(N)=O)c1. The second kappa shape index (κ2) is 12.0. The minimum absolute atomic E-state index is 0.0188. The van der Waals surface area contributed by atoms with Gasteiger partial charge in [0.15, 0.2) is 0 Å². The van der Waals surface area contributed by atoms with Crippen LogP contribution in [0.4, 0.5) is 23.2 Å². The summed E-state index contributed by atoms with van der Waals surface area (Å²) in [4.78, 5) is 31.6. The molecule has 0 radical (unpaired) electrons. The normalized spacial score (nSPS) is 28.6. The molecule has 2 aromatic carbocycles. The summed E-state index contributed by atoms with van der Waals surface area (Å²) in [6.45, 7) is 5.88. The standard InChI is InChI=1S/C33H40F4N4O3/c1-21-19-41(10-8-29(21)22-3-2-4-23(15-22)30(38)42)27-7-9-32(44-20-27,24-5-6-24)31(43)40-13-11-39(12-14-40)28-17-25(33(35,36)37)16-26(34)18-28/h2-4,15-18,21,24,27,29H,5-14,19-20H2,1H3,(H2,38,42)/t21-,27+,29?,32-/m0/s1. The molecule has 238 valence electrons. The van der Waals surface area contributed by atoms with Crippen LogP contribution in [-0.2, 0) is 15.7 Å². The summed E-state index contributed by atoms with van der Waals surface area (Å²) in [6, 6.07) is 10.4. The van der Waals surface area contributed by atoms with Crippen LogP contribution in [0.25, 0.3) is 0 Å². The molecular formula is C33H40F4N4O3. The molecule has 2 N–H and O–H groups in total. The number of carbonyl (C=O) groups is 2. The number of anilines is 1. The van der Waals surface area contributed by atoms with Crippen LogP contribution >= 0.6 is 0 Å². The first kappa shape index (κ1) is 30.8. The summed E-state index contributed by atoms with van der Waals surface area (Å²) in [5.41, 5.74) is 5.49. The molecule has 0 bridgehead atoms. The fourth-order valence-corrected chi connectivity index (χ4v) is 7.57. The highest BCUT2D eigenvalue weighted by molar-refractivity contribution is 5.93. The number of piperidine rings is 1. The lowest BCUT2D eigenvalue weighted by molar-refractivity contribution is -0.176. The van der Waals surface area contributed by atoms with Gasteiger partial charge in [-0.2, -0.15) is 13.2 Å². The monoisotopic (exact) mass is 616 g/mol. The molecule has 0 aromatic heterocycles. The molecule has 0 spiro atoms. The molecular weight excluding hydrogens is 576 g/mol. The Kier molecular flexibility index (Phi) is 8.38. The van der Waals surface area contributed by atoms with Gasteiger partial charge in [-0.1, -0.05) is 19.1 Å². The Hall–Kier alpha value is -3.18. The van der Waals surface area contributed by atoms with Crippen molar-refractivity contribution in [1.29, 1.82) is 0 Å². The Labute approximate surface area is 255 Å². The van der Waals surface area contributed by atoms with Crippen molar-refractivity contribution in [2.24, 2.45) is 17.6 Å². The van der Waals surface area contributed by atoms with E-state index in [0.717, 1.165) is 56.5 Å². The van der Waals surface area contributed by atoms with Crippen molar-refractivity contribution in [1.82, 2.24) is 9.80 Å². The van der Waals surface area contributed by atoms with Gasteiger partial charge in [0.05, 0.1) is 12.2 Å². The van der Waals surface area contributed by atoms with E-state index in [4.69, 9.17) is 10.5 Å². The Morgan fingerprint density at radius 2 is 1.73 bits per heavy atom. The first-order valence-electron chi connectivity index (χ1n) is 15.6. The van der Waals surface area contributed by atoms with Gasteiger partial charge in [-0.25, -0.2) is 4.39 Å². The van der Waals surface area contributed by atoms with Crippen LogP contribution < -0.4 is 10.6 Å². The summed E-state index contributed by atoms with van der Waals surface area (Å²) in [5, 5.41) is 0. The minimum Gasteiger partial charge on any atom is -0.368 e. The molecule has 1 aliphatic carbocycles. The van der Waals surface area contributed by atoms with Crippen molar-refractivity contribution in [3.8, 4) is 0 Å². The maximum absolute atomic E-state index is 14.0. The van der Waals surface area contributed by atoms with E-state index in [9.17, 15) is 27.2 Å². The van der Waals surface area contributed by atoms with Crippen molar-refractivity contribution in [2.75, 3.05) is 50.8 Å². The van der Waals surface area contributed by atoms with Gasteiger partial charge in [-0.15, -0.1) is 0 Å². The molecule has 7 nitrogen and oxygen atoms in total. The number of amides is 2. The maximum atomic E-state index is 14.0. The largest absolute Gasteiger partial charge is 0.416 e. The zero-order chi connectivity index (χ0) is 31.2. The van der Waals surface area contributed by atoms with Gasteiger partial charge in [0.25, 0.3) is 5.91 Å². The third-order valence-electron chi connectivity index (χ3n) is 10.2. The van der Waals surface area contributed by atoms with Crippen molar-refractivity contribution in [3.63, 3.8) is 0 Å². The molecule has 11 heteroatoms. The van der Waals surface area contributed by atoms with Crippen LogP contribution in [0, 0.1) is 17.7 Å². The topological polar surface area (TPSA) is 79.1 Å². The lowest BCUT2D eigenvalue weighted by Crippen LogP contribution is -2.61. The van der Waals surface area contributed by atoms with Crippen molar-refractivity contribution >= 4 is 17.5 Å². The zero-order valence-electron chi connectivity index (χ0n) is 25.0. The fraction of sp³-hybridized carbons (Fsp3) is 0.576. The molecule has 4 fully saturated rings. The molecule has 4 atom stereocenters. The molecule has 6 rings (SSSR count). The van der Waals surface area contributed by atoms with Crippen molar-refractivity contribution in [2.45, 2.75) is 62.8 Å². The van der Waals surface area contributed by atoms with Crippen LogP contribution in [0.15, 0.2) is 42.5 Å². The van der Waals surface area contributed by atoms with Gasteiger partial charge < -0.3 is 20.3 Å². The third-order valence-corrected chi connectivity index (χ3v) is 10.2. The molecule has 2 aromatic rings. The molecule has 2 amide bonds. The summed E-state index contributed by atoms with van der Waals surface area (Å²) in [6.07, 6.45) is -0.255. The Balaban J connectivity index is 1.06. The van der Waals surface area contributed by atoms with Gasteiger partial charge in [0, 0.05) is 50.0 Å². The van der Waals surface area contributed by atoms with E-state index in [1.807, 2.05) is 12.1 Å². The van der Waals surface area contributed by atoms with Gasteiger partial charge in [-0.05, 0) is 92.3 Å². The summed E-state index contributed by atoms with van der Waals surface area (Å²) < 4.78 is 60.3. The third kappa shape index (κ3) is 6.18. The van der Waals surface area contributed by atoms with Crippen LogP contribution in [0.2, 0.25) is 0 Å². The van der Waals surface area contributed by atoms with Gasteiger partial charge in [0.1, 0.15) is 11.4 Å². The number of nitrogens with zero attached hydrogens (tertiary/aromatic N) is 3. The Morgan fingerprint density at radius 3 is 2.34 bits per heavy atom. The number of hydrogen-bond acceptors (Lipinski definition) is 5. The van der Waals surface area contributed by atoms with E-state index >= 15 is 0 Å². The minimum atomic E-state index is -4.63. The van der Waals surface area contributed by atoms with E-state index in [1.165, 1.54) is 0 Å². The zero-order valence-corrected chi connectivity index (χ0v) is 25.0. The number of alkyl halides is 3. The number of hydrogen-bond donors (Lipinski definition) is 1. The van der Waals surface area contributed by atoms with Crippen LogP contribution in [0.3, 0.4) is 0 Å². The highest BCUT2D eigenvalue weighted by atomic mass is 19.4. The fourth-order valence-electron chi connectivity index (χ4n) is 7.57. The number of rotatable bonds is 6. The number of primary amides is 1. The summed E-state index contributed by atoms with van der Waals surface area (Å²) in [5.74, 6) is -0.456. The van der Waals surface area contributed by atoms with E-state index in [0.29, 0.717) is 62.7 Å². The van der Waals surface area contributed by atoms with E-state index in [-0.39, 0.29) is 23.6 Å². The Bertz CT molecular complexity index is 1380. The van der Waals surface area contributed by atoms with Gasteiger partial charge in [-0.3, -0.25) is 14.5 Å². The molecule has 3 saturated heterocycles. The number of carbonyl (C=O) groups excluding carboxylic acids is 2. The average molecular weight is 617 g/mol. The van der Waals surface area contributed by atoms with Gasteiger partial charge >= 0.3 is 6.18 Å². The molecule has 3 heterocycles.